The van der Waals surface area contributed by atoms with Crippen molar-refractivity contribution >= 4 is 39.0 Å². The molecule has 2 N–H and O–H groups in total. The second-order valence-electron chi connectivity index (χ2n) is 2.34. The van der Waals surface area contributed by atoms with Crippen LogP contribution in [0.4, 0.5) is 5.95 Å². The van der Waals surface area contributed by atoms with Gasteiger partial charge in [0.25, 0.3) is 0 Å². The van der Waals surface area contributed by atoms with Gasteiger partial charge in [-0.3, -0.25) is 4.40 Å². The largest absolute Gasteiger partial charge is 0.369 e. The van der Waals surface area contributed by atoms with Crippen molar-refractivity contribution in [2.45, 2.75) is 0 Å². The lowest BCUT2D eigenvalue weighted by molar-refractivity contribution is 1.17. The molecule has 2 rings (SSSR count). The maximum absolute atomic E-state index is 5.84. The van der Waals surface area contributed by atoms with Crippen LogP contribution in [-0.4, -0.2) is 9.38 Å². The molecule has 0 bridgehead atoms. The van der Waals surface area contributed by atoms with E-state index in [-0.39, 0.29) is 0 Å². The molecule has 0 aliphatic carbocycles. The topological polar surface area (TPSA) is 43.3 Å². The third-order valence-corrected chi connectivity index (χ3v) is 2.50. The predicted molar refractivity (Wildman–Crippen MR) is 52.3 cm³/mol. The molecule has 0 aliphatic rings. The minimum Gasteiger partial charge on any atom is -0.369 e. The molecule has 2 aromatic heterocycles. The lowest BCUT2D eigenvalue weighted by atomic mass is 10.4. The molecule has 0 saturated heterocycles. The highest BCUT2D eigenvalue weighted by Crippen LogP contribution is 2.26. The summed E-state index contributed by atoms with van der Waals surface area (Å²) in [5, 5.41) is 0.417. The van der Waals surface area contributed by atoms with Crippen molar-refractivity contribution in [3.8, 4) is 0 Å². The van der Waals surface area contributed by atoms with Crippen molar-refractivity contribution in [2.75, 3.05) is 5.73 Å². The smallest absolute Gasteiger partial charge is 0.206 e. The minimum atomic E-state index is 0.399. The van der Waals surface area contributed by atoms with E-state index < -0.39 is 0 Å². The Labute approximate surface area is 82.3 Å². The van der Waals surface area contributed by atoms with Crippen molar-refractivity contribution in [2.24, 2.45) is 0 Å². The lowest BCUT2D eigenvalue weighted by Gasteiger charge is -1.96. The first-order valence-electron chi connectivity index (χ1n) is 3.27. The highest BCUT2D eigenvalue weighted by atomic mass is 79.9. The maximum atomic E-state index is 5.84. The number of hydrogen-bond acceptors (Lipinski definition) is 2. The average Bonchev–Trinajstić information content (AvgIpc) is 2.29. The van der Waals surface area contributed by atoms with E-state index in [4.69, 9.17) is 17.3 Å². The number of rotatable bonds is 0. The molecule has 0 aliphatic heterocycles. The fourth-order valence-electron chi connectivity index (χ4n) is 1.08. The van der Waals surface area contributed by atoms with Gasteiger partial charge in [-0.1, -0.05) is 11.6 Å². The van der Waals surface area contributed by atoms with E-state index in [9.17, 15) is 0 Å². The van der Waals surface area contributed by atoms with E-state index in [1.165, 1.54) is 0 Å². The van der Waals surface area contributed by atoms with Crippen LogP contribution < -0.4 is 5.73 Å². The number of hydrogen-bond donors (Lipinski definition) is 1. The van der Waals surface area contributed by atoms with E-state index >= 15 is 0 Å². The van der Waals surface area contributed by atoms with E-state index in [2.05, 4.69) is 20.9 Å². The fraction of sp³-hybridized carbons (Fsp3) is 0. The normalized spacial score (nSPS) is 10.8. The van der Waals surface area contributed by atoms with Crippen molar-refractivity contribution in [1.29, 1.82) is 0 Å². The number of nitrogen functional groups attached to an aromatic ring is 1. The van der Waals surface area contributed by atoms with Gasteiger partial charge in [0, 0.05) is 10.7 Å². The monoisotopic (exact) mass is 245 g/mol. The van der Waals surface area contributed by atoms with Crippen LogP contribution in [0.2, 0.25) is 5.15 Å². The molecule has 0 aromatic carbocycles. The van der Waals surface area contributed by atoms with Gasteiger partial charge in [-0.25, -0.2) is 4.98 Å². The Morgan fingerprint density at radius 1 is 1.58 bits per heavy atom. The van der Waals surface area contributed by atoms with Gasteiger partial charge in [0.2, 0.25) is 5.95 Å². The van der Waals surface area contributed by atoms with Gasteiger partial charge in [-0.2, -0.15) is 0 Å². The van der Waals surface area contributed by atoms with Crippen LogP contribution in [0.1, 0.15) is 0 Å². The third kappa shape index (κ3) is 0.990. The quantitative estimate of drug-likeness (QED) is 0.775. The Morgan fingerprint density at radius 3 is 3.00 bits per heavy atom. The zero-order valence-electron chi connectivity index (χ0n) is 5.96. The number of nitrogens with zero attached hydrogens (tertiary/aromatic N) is 2. The average molecular weight is 246 g/mol. The van der Waals surface area contributed by atoms with Gasteiger partial charge in [0.1, 0.15) is 5.52 Å². The number of aromatic nitrogens is 2. The number of nitrogens with two attached hydrogens (primary N) is 1. The van der Waals surface area contributed by atoms with Gasteiger partial charge in [-0.15, -0.1) is 0 Å². The molecule has 0 spiro atoms. The highest BCUT2D eigenvalue weighted by Gasteiger charge is 2.08. The first-order chi connectivity index (χ1) is 5.70. The second-order valence-corrected chi connectivity index (χ2v) is 3.55. The lowest BCUT2D eigenvalue weighted by Crippen LogP contribution is -1.92. The summed E-state index contributed by atoms with van der Waals surface area (Å²) in [7, 11) is 0. The Hall–Kier alpha value is -0.740. The van der Waals surface area contributed by atoms with Crippen molar-refractivity contribution in [3.05, 3.63) is 28.0 Å². The number of anilines is 1. The van der Waals surface area contributed by atoms with Crippen molar-refractivity contribution < 1.29 is 0 Å². The van der Waals surface area contributed by atoms with E-state index in [1.807, 2.05) is 18.3 Å². The third-order valence-electron chi connectivity index (χ3n) is 1.60. The van der Waals surface area contributed by atoms with Crippen molar-refractivity contribution in [3.63, 3.8) is 0 Å². The van der Waals surface area contributed by atoms with Crippen LogP contribution in [0, 0.1) is 0 Å². The van der Waals surface area contributed by atoms with Gasteiger partial charge in [0.05, 0.1) is 0 Å². The van der Waals surface area contributed by atoms with Crippen LogP contribution in [0.3, 0.4) is 0 Å². The molecule has 0 fully saturated rings. The molecule has 2 heterocycles. The first kappa shape index (κ1) is 7.89. The van der Waals surface area contributed by atoms with Crippen LogP contribution in [0.5, 0.6) is 0 Å². The van der Waals surface area contributed by atoms with Crippen molar-refractivity contribution in [1.82, 2.24) is 9.38 Å². The van der Waals surface area contributed by atoms with Gasteiger partial charge in [-0.05, 0) is 28.1 Å². The number of pyridine rings is 1. The number of imidazole rings is 1. The van der Waals surface area contributed by atoms with Crippen LogP contribution in [0.25, 0.3) is 5.52 Å². The molecule has 5 heteroatoms. The maximum Gasteiger partial charge on any atom is 0.206 e. The summed E-state index contributed by atoms with van der Waals surface area (Å²) in [4.78, 5) is 3.93. The summed E-state index contributed by atoms with van der Waals surface area (Å²) >= 11 is 9.20. The van der Waals surface area contributed by atoms with E-state index in [0.29, 0.717) is 11.1 Å². The van der Waals surface area contributed by atoms with Crippen LogP contribution in [-0.2, 0) is 0 Å². The van der Waals surface area contributed by atoms with Crippen LogP contribution >= 0.6 is 27.5 Å². The van der Waals surface area contributed by atoms with Crippen LogP contribution in [0.15, 0.2) is 22.8 Å². The Balaban J connectivity index is 2.99. The van der Waals surface area contributed by atoms with Gasteiger partial charge < -0.3 is 5.73 Å². The fourth-order valence-corrected chi connectivity index (χ4v) is 2.00. The minimum absolute atomic E-state index is 0.399. The molecule has 62 valence electrons. The summed E-state index contributed by atoms with van der Waals surface area (Å²) in [5.41, 5.74) is 6.39. The zero-order valence-corrected chi connectivity index (χ0v) is 8.30. The first-order valence-corrected chi connectivity index (χ1v) is 4.45. The highest BCUT2D eigenvalue weighted by molar-refractivity contribution is 9.10. The zero-order chi connectivity index (χ0) is 8.72. The molecule has 0 saturated carbocycles. The summed E-state index contributed by atoms with van der Waals surface area (Å²) in [6, 6.07) is 3.76. The van der Waals surface area contributed by atoms with Gasteiger partial charge >= 0.3 is 0 Å². The molecule has 0 radical (unpaired) electrons. The SMILES string of the molecule is Nc1nc(Cl)c2c(Br)cccn12. The Morgan fingerprint density at radius 2 is 2.33 bits per heavy atom. The van der Waals surface area contributed by atoms with E-state index in [1.54, 1.807) is 4.40 Å². The van der Waals surface area contributed by atoms with Gasteiger partial charge in [0.15, 0.2) is 5.15 Å². The summed E-state index contributed by atoms with van der Waals surface area (Å²) in [6.45, 7) is 0. The molecule has 0 amide bonds. The molecule has 3 nitrogen and oxygen atoms in total. The number of halogens is 2. The molecule has 12 heavy (non-hydrogen) atoms. The standard InChI is InChI=1S/C7H5BrClN3/c8-4-2-1-3-12-5(4)6(9)11-7(12)10/h1-3H,(H2,10,11). The number of fused-ring (bicyclic) bond motifs is 1. The summed E-state index contributed by atoms with van der Waals surface area (Å²) in [6.07, 6.45) is 1.81. The Kier molecular flexibility index (Phi) is 1.73. The second kappa shape index (κ2) is 2.64. The summed E-state index contributed by atoms with van der Waals surface area (Å²) < 4.78 is 2.62. The molecule has 0 atom stereocenters. The predicted octanol–water partition coefficient (Wildman–Crippen LogP) is 2.33. The molecular formula is C7H5BrClN3. The summed E-state index contributed by atoms with van der Waals surface area (Å²) in [5.74, 6) is 0.399. The molecule has 2 aromatic rings. The molecule has 0 unspecified atom stereocenters. The van der Waals surface area contributed by atoms with E-state index in [0.717, 1.165) is 9.99 Å². The Bertz CT molecular complexity index is 437. The molecular weight excluding hydrogens is 241 g/mol.